The smallest absolute Gasteiger partial charge is 0.415 e. The van der Waals surface area contributed by atoms with Crippen LogP contribution in [0.5, 0.6) is 5.75 Å². The lowest BCUT2D eigenvalue weighted by molar-refractivity contribution is -0.384. The molecule has 1 amide bonds. The number of non-ortho nitro benzene ring substituents is 1. The second-order valence-electron chi connectivity index (χ2n) is 7.34. The summed E-state index contributed by atoms with van der Waals surface area (Å²) in [6, 6.07) is 3.56. The fraction of sp³-hybridized carbons (Fsp3) is 0.500. The number of nitrogens with zero attached hydrogens (tertiary/aromatic N) is 2. The van der Waals surface area contributed by atoms with E-state index in [9.17, 15) is 29.6 Å². The third kappa shape index (κ3) is 5.74. The van der Waals surface area contributed by atoms with Gasteiger partial charge in [0, 0.05) is 19.2 Å². The summed E-state index contributed by atoms with van der Waals surface area (Å²) in [4.78, 5) is 47.8. The van der Waals surface area contributed by atoms with Crippen LogP contribution in [0.1, 0.15) is 34.6 Å². The number of aliphatic hydroxyl groups is 1. The van der Waals surface area contributed by atoms with Crippen LogP contribution in [0, 0.1) is 10.1 Å². The number of ketones is 1. The zero-order chi connectivity index (χ0) is 21.9. The normalized spacial score (nSPS) is 14.4. The van der Waals surface area contributed by atoms with Crippen molar-refractivity contribution < 1.29 is 33.9 Å². The van der Waals surface area contributed by atoms with E-state index in [1.807, 2.05) is 0 Å². The van der Waals surface area contributed by atoms with Crippen LogP contribution in [-0.2, 0) is 14.3 Å². The molecule has 10 nitrogen and oxygen atoms in total. The molecule has 0 saturated heterocycles. The molecule has 0 aliphatic rings. The molecule has 1 rings (SSSR count). The number of carbonyl (C=O) groups is 3. The van der Waals surface area contributed by atoms with Gasteiger partial charge in [-0.3, -0.25) is 14.9 Å². The first-order valence-electron chi connectivity index (χ1n) is 8.36. The highest BCUT2D eigenvalue weighted by atomic mass is 16.6. The third-order valence-corrected chi connectivity index (χ3v) is 3.78. The zero-order valence-corrected chi connectivity index (χ0v) is 16.6. The second kappa shape index (κ2) is 8.34. The average Bonchev–Trinajstić information content (AvgIpc) is 2.58. The molecule has 0 saturated carbocycles. The van der Waals surface area contributed by atoms with Gasteiger partial charge in [0.05, 0.1) is 11.0 Å². The number of ether oxygens (including phenoxy) is 2. The maximum absolute atomic E-state index is 12.5. The number of amides is 1. The molecule has 0 radical (unpaired) electrons. The maximum atomic E-state index is 12.5. The van der Waals surface area contributed by atoms with E-state index in [1.165, 1.54) is 26.1 Å². The van der Waals surface area contributed by atoms with Crippen LogP contribution < -0.4 is 4.74 Å². The molecule has 154 valence electrons. The van der Waals surface area contributed by atoms with E-state index in [1.54, 1.807) is 20.8 Å². The fourth-order valence-electron chi connectivity index (χ4n) is 2.03. The van der Waals surface area contributed by atoms with Gasteiger partial charge in [0.15, 0.2) is 5.78 Å². The molecule has 0 aliphatic heterocycles. The molecule has 0 spiro atoms. The average molecular weight is 396 g/mol. The first-order valence-corrected chi connectivity index (χ1v) is 8.36. The zero-order valence-electron chi connectivity index (χ0n) is 16.6. The quantitative estimate of drug-likeness (QED) is 0.334. The van der Waals surface area contributed by atoms with E-state index in [4.69, 9.17) is 9.47 Å². The Labute approximate surface area is 162 Å². The van der Waals surface area contributed by atoms with E-state index in [-0.39, 0.29) is 11.4 Å². The van der Waals surface area contributed by atoms with Crippen LogP contribution in [0.25, 0.3) is 0 Å². The standard InChI is InChI=1S/C18H24N2O8/c1-11(14(21)18(5,24)15(22)28-17(2,3)4)19(6)16(23)27-13-9-7-12(8-10-13)20(25)26/h7-11,24H,1-6H3/t11-,18-/m0/s1. The summed E-state index contributed by atoms with van der Waals surface area (Å²) in [5, 5.41) is 21.0. The molecule has 10 heteroatoms. The first-order chi connectivity index (χ1) is 12.7. The Balaban J connectivity index is 2.84. The molecule has 28 heavy (non-hydrogen) atoms. The summed E-state index contributed by atoms with van der Waals surface area (Å²) < 4.78 is 10.1. The predicted octanol–water partition coefficient (Wildman–Crippen LogP) is 2.08. The number of nitro benzene ring substituents is 1. The summed E-state index contributed by atoms with van der Waals surface area (Å²) in [7, 11) is 1.25. The van der Waals surface area contributed by atoms with Crippen molar-refractivity contribution in [2.45, 2.75) is 51.9 Å². The van der Waals surface area contributed by atoms with Gasteiger partial charge in [0.25, 0.3) is 5.69 Å². The summed E-state index contributed by atoms with van der Waals surface area (Å²) in [5.74, 6) is -2.06. The summed E-state index contributed by atoms with van der Waals surface area (Å²) in [6.45, 7) is 7.07. The van der Waals surface area contributed by atoms with E-state index in [0.717, 1.165) is 24.0 Å². The van der Waals surface area contributed by atoms with E-state index < -0.39 is 40.0 Å². The molecule has 0 unspecified atom stereocenters. The molecule has 2 atom stereocenters. The van der Waals surface area contributed by atoms with Gasteiger partial charge >= 0.3 is 12.1 Å². The van der Waals surface area contributed by atoms with Gasteiger partial charge in [-0.1, -0.05) is 0 Å². The Bertz CT molecular complexity index is 765. The number of esters is 1. The van der Waals surface area contributed by atoms with Crippen LogP contribution in [0.2, 0.25) is 0 Å². The number of Topliss-reactive ketones (excluding diaryl/α,β-unsaturated/α-hetero) is 1. The van der Waals surface area contributed by atoms with Crippen molar-refractivity contribution in [1.82, 2.24) is 4.90 Å². The summed E-state index contributed by atoms with van der Waals surface area (Å²) in [6.07, 6.45) is -0.949. The highest BCUT2D eigenvalue weighted by Gasteiger charge is 2.46. The summed E-state index contributed by atoms with van der Waals surface area (Å²) >= 11 is 0. The Morgan fingerprint density at radius 3 is 2.07 bits per heavy atom. The van der Waals surface area contributed by atoms with Gasteiger partial charge < -0.3 is 19.5 Å². The Morgan fingerprint density at radius 2 is 1.64 bits per heavy atom. The van der Waals surface area contributed by atoms with Gasteiger partial charge in [0.1, 0.15) is 11.4 Å². The second-order valence-corrected chi connectivity index (χ2v) is 7.34. The van der Waals surface area contributed by atoms with Gasteiger partial charge in [0.2, 0.25) is 5.60 Å². The Morgan fingerprint density at radius 1 is 1.14 bits per heavy atom. The highest BCUT2D eigenvalue weighted by molar-refractivity contribution is 6.09. The van der Waals surface area contributed by atoms with Crippen molar-refractivity contribution in [2.75, 3.05) is 7.05 Å². The molecule has 0 aromatic heterocycles. The molecular weight excluding hydrogens is 372 g/mol. The van der Waals surface area contributed by atoms with Crippen LogP contribution in [0.3, 0.4) is 0 Å². The number of hydrogen-bond acceptors (Lipinski definition) is 8. The van der Waals surface area contributed by atoms with Crippen molar-refractivity contribution in [3.05, 3.63) is 34.4 Å². The van der Waals surface area contributed by atoms with Crippen LogP contribution in [0.4, 0.5) is 10.5 Å². The minimum Gasteiger partial charge on any atom is -0.457 e. The Hall–Kier alpha value is -3.01. The number of nitro groups is 1. The fourth-order valence-corrected chi connectivity index (χ4v) is 2.03. The largest absolute Gasteiger partial charge is 0.457 e. The lowest BCUT2D eigenvalue weighted by atomic mass is 9.95. The molecule has 1 N–H and O–H groups in total. The van der Waals surface area contributed by atoms with Crippen molar-refractivity contribution in [2.24, 2.45) is 0 Å². The van der Waals surface area contributed by atoms with Crippen LogP contribution >= 0.6 is 0 Å². The molecular formula is C18H24N2O8. The first kappa shape index (κ1) is 23.0. The van der Waals surface area contributed by atoms with Crippen molar-refractivity contribution >= 4 is 23.5 Å². The third-order valence-electron chi connectivity index (χ3n) is 3.78. The molecule has 0 fully saturated rings. The van der Waals surface area contributed by atoms with E-state index in [0.29, 0.717) is 0 Å². The lowest BCUT2D eigenvalue weighted by Gasteiger charge is -2.31. The number of rotatable bonds is 6. The molecule has 0 bridgehead atoms. The SMILES string of the molecule is C[C@@H](C(=O)[C@](C)(O)C(=O)OC(C)(C)C)N(C)C(=O)Oc1ccc([N+](=O)[O-])cc1. The number of benzene rings is 1. The van der Waals surface area contributed by atoms with Crippen LogP contribution in [-0.4, -0.2) is 57.1 Å². The minimum atomic E-state index is -2.46. The number of hydrogen-bond donors (Lipinski definition) is 1. The highest BCUT2D eigenvalue weighted by Crippen LogP contribution is 2.20. The minimum absolute atomic E-state index is 0.0287. The molecule has 0 heterocycles. The number of likely N-dealkylation sites (N-methyl/N-ethyl adjacent to an activating group) is 1. The molecule has 0 aliphatic carbocycles. The monoisotopic (exact) mass is 396 g/mol. The lowest BCUT2D eigenvalue weighted by Crippen LogP contribution is -2.55. The van der Waals surface area contributed by atoms with Crippen LogP contribution in [0.15, 0.2) is 24.3 Å². The Kier molecular flexibility index (Phi) is 6.86. The molecule has 1 aromatic rings. The van der Waals surface area contributed by atoms with Gasteiger partial charge in [-0.05, 0) is 46.8 Å². The van der Waals surface area contributed by atoms with E-state index in [2.05, 4.69) is 0 Å². The van der Waals surface area contributed by atoms with E-state index >= 15 is 0 Å². The van der Waals surface area contributed by atoms with Crippen molar-refractivity contribution in [3.63, 3.8) is 0 Å². The topological polar surface area (TPSA) is 136 Å². The van der Waals surface area contributed by atoms with Gasteiger partial charge in [-0.15, -0.1) is 0 Å². The van der Waals surface area contributed by atoms with Crippen molar-refractivity contribution in [1.29, 1.82) is 0 Å². The predicted molar refractivity (Wildman–Crippen MR) is 97.8 cm³/mol. The number of carbonyl (C=O) groups excluding carboxylic acids is 3. The maximum Gasteiger partial charge on any atom is 0.415 e. The van der Waals surface area contributed by atoms with Gasteiger partial charge in [-0.25, -0.2) is 9.59 Å². The summed E-state index contributed by atoms with van der Waals surface area (Å²) in [5.41, 5.74) is -3.55. The molecule has 1 aromatic carbocycles. The van der Waals surface area contributed by atoms with Crippen molar-refractivity contribution in [3.8, 4) is 5.75 Å². The van der Waals surface area contributed by atoms with Gasteiger partial charge in [-0.2, -0.15) is 0 Å².